The minimum Gasteiger partial charge on any atom is -0.340 e. The zero-order chi connectivity index (χ0) is 18.6. The maximum Gasteiger partial charge on any atom is 0.235 e. The van der Waals surface area contributed by atoms with E-state index in [1.54, 1.807) is 44.9 Å². The molecule has 7 heteroatoms. The summed E-state index contributed by atoms with van der Waals surface area (Å²) in [5, 5.41) is 9.37. The van der Waals surface area contributed by atoms with Gasteiger partial charge in [-0.05, 0) is 38.5 Å². The molecule has 1 amide bonds. The average molecular weight is 358 g/mol. The van der Waals surface area contributed by atoms with Crippen molar-refractivity contribution in [2.75, 3.05) is 7.05 Å². The van der Waals surface area contributed by atoms with E-state index in [0.29, 0.717) is 28.7 Å². The second-order valence-corrected chi connectivity index (χ2v) is 7.06. The van der Waals surface area contributed by atoms with Crippen LogP contribution in [0.25, 0.3) is 0 Å². The van der Waals surface area contributed by atoms with Gasteiger partial charge in [0.15, 0.2) is 0 Å². The van der Waals surface area contributed by atoms with Crippen LogP contribution in [0.5, 0.6) is 0 Å². The van der Waals surface area contributed by atoms with Crippen LogP contribution >= 0.6 is 11.8 Å². The van der Waals surface area contributed by atoms with Gasteiger partial charge in [-0.15, -0.1) is 0 Å². The Morgan fingerprint density at radius 3 is 2.76 bits per heavy atom. The molecule has 2 rings (SSSR count). The fourth-order valence-electron chi connectivity index (χ4n) is 2.41. The van der Waals surface area contributed by atoms with Crippen molar-refractivity contribution in [1.82, 2.24) is 14.9 Å². The summed E-state index contributed by atoms with van der Waals surface area (Å²) < 4.78 is 13.3. The molecule has 0 spiro atoms. The summed E-state index contributed by atoms with van der Waals surface area (Å²) in [5.74, 6) is 0.116. The Kier molecular flexibility index (Phi) is 6.10. The molecule has 1 heterocycles. The third-order valence-corrected chi connectivity index (χ3v) is 4.68. The molecule has 1 aromatic carbocycles. The number of nitriles is 1. The number of aryl methyl sites for hydroxylation is 2. The summed E-state index contributed by atoms with van der Waals surface area (Å²) in [6, 6.07) is 8.27. The van der Waals surface area contributed by atoms with E-state index in [1.807, 2.05) is 0 Å². The average Bonchev–Trinajstić information content (AvgIpc) is 2.53. The molecule has 0 saturated heterocycles. The van der Waals surface area contributed by atoms with Crippen molar-refractivity contribution in [3.8, 4) is 6.07 Å². The largest absolute Gasteiger partial charge is 0.340 e. The first-order chi connectivity index (χ1) is 11.8. The van der Waals surface area contributed by atoms with Crippen LogP contribution in [0.1, 0.15) is 29.6 Å². The zero-order valence-electron chi connectivity index (χ0n) is 14.6. The number of hydrogen-bond donors (Lipinski definition) is 0. The van der Waals surface area contributed by atoms with Crippen LogP contribution in [0, 0.1) is 31.0 Å². The van der Waals surface area contributed by atoms with Gasteiger partial charge in [0.2, 0.25) is 5.91 Å². The quantitative estimate of drug-likeness (QED) is 0.606. The molecule has 0 bridgehead atoms. The van der Waals surface area contributed by atoms with Crippen LogP contribution in [-0.4, -0.2) is 33.1 Å². The maximum atomic E-state index is 13.3. The van der Waals surface area contributed by atoms with Crippen LogP contribution in [0.3, 0.4) is 0 Å². The highest BCUT2D eigenvalue weighted by Gasteiger charge is 2.22. The van der Waals surface area contributed by atoms with Crippen LogP contribution < -0.4 is 0 Å². The smallest absolute Gasteiger partial charge is 0.235 e. The van der Waals surface area contributed by atoms with Crippen LogP contribution in [0.4, 0.5) is 4.39 Å². The van der Waals surface area contributed by atoms with Gasteiger partial charge >= 0.3 is 0 Å². The van der Waals surface area contributed by atoms with Crippen molar-refractivity contribution >= 4 is 17.7 Å². The highest BCUT2D eigenvalue weighted by atomic mass is 32.2. The Morgan fingerprint density at radius 1 is 1.40 bits per heavy atom. The van der Waals surface area contributed by atoms with Gasteiger partial charge in [0.1, 0.15) is 28.3 Å². The van der Waals surface area contributed by atoms with Crippen LogP contribution in [-0.2, 0) is 11.3 Å². The number of aromatic nitrogens is 2. The van der Waals surface area contributed by atoms with Gasteiger partial charge in [-0.3, -0.25) is 4.79 Å². The molecule has 1 unspecified atom stereocenters. The second-order valence-electron chi connectivity index (χ2n) is 5.73. The third kappa shape index (κ3) is 4.77. The Bertz CT molecular complexity index is 834. The topological polar surface area (TPSA) is 69.9 Å². The maximum absolute atomic E-state index is 13.3. The first kappa shape index (κ1) is 18.9. The molecule has 5 nitrogen and oxygen atoms in total. The molecular weight excluding hydrogens is 339 g/mol. The lowest BCUT2D eigenvalue weighted by Gasteiger charge is -2.21. The second kappa shape index (κ2) is 8.08. The van der Waals surface area contributed by atoms with E-state index in [0.717, 1.165) is 5.56 Å². The molecule has 0 radical (unpaired) electrons. The van der Waals surface area contributed by atoms with Crippen molar-refractivity contribution in [1.29, 1.82) is 5.26 Å². The van der Waals surface area contributed by atoms with Gasteiger partial charge in [0.25, 0.3) is 0 Å². The Balaban J connectivity index is 2.11. The van der Waals surface area contributed by atoms with E-state index in [1.165, 1.54) is 23.9 Å². The van der Waals surface area contributed by atoms with Crippen molar-refractivity contribution in [3.63, 3.8) is 0 Å². The molecule has 0 aliphatic carbocycles. The van der Waals surface area contributed by atoms with Gasteiger partial charge in [0.05, 0.1) is 10.9 Å². The fraction of sp³-hybridized carbons (Fsp3) is 0.333. The summed E-state index contributed by atoms with van der Waals surface area (Å²) in [5.41, 5.74) is 1.72. The Hall–Kier alpha value is -2.46. The number of benzene rings is 1. The first-order valence-electron chi connectivity index (χ1n) is 7.73. The molecule has 130 valence electrons. The molecule has 2 aromatic rings. The van der Waals surface area contributed by atoms with E-state index in [-0.39, 0.29) is 11.7 Å². The number of thioether (sulfide) groups is 1. The van der Waals surface area contributed by atoms with Crippen molar-refractivity contribution in [3.05, 3.63) is 52.7 Å². The summed E-state index contributed by atoms with van der Waals surface area (Å²) in [7, 11) is 1.67. The van der Waals surface area contributed by atoms with E-state index in [4.69, 9.17) is 0 Å². The zero-order valence-corrected chi connectivity index (χ0v) is 15.4. The monoisotopic (exact) mass is 358 g/mol. The lowest BCUT2D eigenvalue weighted by Crippen LogP contribution is -2.33. The number of halogens is 1. The minimum absolute atomic E-state index is 0.118. The molecule has 25 heavy (non-hydrogen) atoms. The number of carbonyl (C=O) groups excluding carboxylic acids is 1. The number of hydrogen-bond acceptors (Lipinski definition) is 5. The van der Waals surface area contributed by atoms with E-state index >= 15 is 0 Å². The number of rotatable bonds is 5. The highest BCUT2D eigenvalue weighted by Crippen LogP contribution is 2.27. The Morgan fingerprint density at radius 2 is 2.12 bits per heavy atom. The van der Waals surface area contributed by atoms with E-state index < -0.39 is 5.25 Å². The lowest BCUT2D eigenvalue weighted by molar-refractivity contribution is -0.129. The molecule has 0 aliphatic heterocycles. The lowest BCUT2D eigenvalue weighted by atomic mass is 10.2. The minimum atomic E-state index is -0.431. The molecule has 0 aliphatic rings. The predicted molar refractivity (Wildman–Crippen MR) is 94.4 cm³/mol. The number of nitrogens with zero attached hydrogens (tertiary/aromatic N) is 4. The summed E-state index contributed by atoms with van der Waals surface area (Å²) >= 11 is 1.23. The van der Waals surface area contributed by atoms with Crippen molar-refractivity contribution in [2.45, 2.75) is 37.6 Å². The van der Waals surface area contributed by atoms with Gasteiger partial charge in [0, 0.05) is 13.6 Å². The van der Waals surface area contributed by atoms with Crippen LogP contribution in [0.2, 0.25) is 0 Å². The highest BCUT2D eigenvalue weighted by molar-refractivity contribution is 8.00. The van der Waals surface area contributed by atoms with E-state index in [9.17, 15) is 14.4 Å². The first-order valence-corrected chi connectivity index (χ1v) is 8.61. The molecule has 1 aromatic heterocycles. The molecule has 1 atom stereocenters. The molecular formula is C18H19FN4OS. The summed E-state index contributed by atoms with van der Waals surface area (Å²) in [6.45, 7) is 5.58. The number of carbonyl (C=O) groups is 1. The summed E-state index contributed by atoms with van der Waals surface area (Å²) in [4.78, 5) is 22.6. The van der Waals surface area contributed by atoms with Crippen molar-refractivity contribution < 1.29 is 9.18 Å². The fourth-order valence-corrected chi connectivity index (χ4v) is 3.52. The van der Waals surface area contributed by atoms with Gasteiger partial charge < -0.3 is 4.90 Å². The van der Waals surface area contributed by atoms with Gasteiger partial charge in [-0.1, -0.05) is 23.9 Å². The van der Waals surface area contributed by atoms with Crippen molar-refractivity contribution in [2.24, 2.45) is 0 Å². The number of amides is 1. The van der Waals surface area contributed by atoms with Crippen LogP contribution in [0.15, 0.2) is 29.3 Å². The standard InChI is InChI=1S/C18H19FN4OS/c1-11-16(9-20)17(22-13(3)21-11)25-12(2)18(24)23(4)10-14-6-5-7-15(19)8-14/h5-8,12H,10H2,1-4H3. The molecule has 0 saturated carbocycles. The SMILES string of the molecule is Cc1nc(C)c(C#N)c(SC(C)C(=O)N(C)Cc2cccc(F)c2)n1. The Labute approximate surface area is 150 Å². The third-order valence-electron chi connectivity index (χ3n) is 3.60. The van der Waals surface area contributed by atoms with Gasteiger partial charge in [-0.2, -0.15) is 5.26 Å². The summed E-state index contributed by atoms with van der Waals surface area (Å²) in [6.07, 6.45) is 0. The van der Waals surface area contributed by atoms with Gasteiger partial charge in [-0.25, -0.2) is 14.4 Å². The molecule has 0 N–H and O–H groups in total. The predicted octanol–water partition coefficient (Wildman–Crippen LogP) is 3.24. The normalized spacial score (nSPS) is 11.7. The van der Waals surface area contributed by atoms with E-state index in [2.05, 4.69) is 16.0 Å². The molecule has 0 fully saturated rings.